The molecule has 2 nitrogen and oxygen atoms in total. The van der Waals surface area contributed by atoms with E-state index in [1.54, 1.807) is 0 Å². The van der Waals surface area contributed by atoms with Crippen LogP contribution in [0.1, 0.15) is 63.0 Å². The summed E-state index contributed by atoms with van der Waals surface area (Å²) in [6.07, 6.45) is 0. The molecular formula is C15H20AlO2. The zero-order valence-electron chi connectivity index (χ0n) is 12.0. The van der Waals surface area contributed by atoms with Crippen molar-refractivity contribution in [3.05, 3.63) is 28.8 Å². The van der Waals surface area contributed by atoms with Gasteiger partial charge in [-0.3, -0.25) is 0 Å². The third-order valence-electron chi connectivity index (χ3n) is 3.31. The van der Waals surface area contributed by atoms with E-state index in [4.69, 9.17) is 3.79 Å². The van der Waals surface area contributed by atoms with Gasteiger partial charge < -0.3 is 8.58 Å². The number of carbonyl (C=O) groups is 1. The Morgan fingerprint density at radius 1 is 1.00 bits per heavy atom. The minimum Gasteiger partial charge on any atom is -0.642 e. The van der Waals surface area contributed by atoms with Crippen LogP contribution in [0.4, 0.5) is 0 Å². The van der Waals surface area contributed by atoms with Gasteiger partial charge in [0.2, 0.25) is 0 Å². The van der Waals surface area contributed by atoms with Crippen LogP contribution < -0.4 is 3.79 Å². The average molecular weight is 259 g/mol. The largest absolute Gasteiger partial charge is 0.642 e. The highest BCUT2D eigenvalue weighted by atomic mass is 27.1. The van der Waals surface area contributed by atoms with Crippen LogP contribution in [0.2, 0.25) is 0 Å². The predicted molar refractivity (Wildman–Crippen MR) is 74.6 cm³/mol. The van der Waals surface area contributed by atoms with Gasteiger partial charge in [0.25, 0.3) is 0 Å². The molecule has 1 aliphatic heterocycles. The van der Waals surface area contributed by atoms with E-state index >= 15 is 0 Å². The fourth-order valence-corrected chi connectivity index (χ4v) is 2.93. The highest BCUT2D eigenvalue weighted by Gasteiger charge is 2.33. The third-order valence-corrected chi connectivity index (χ3v) is 4.19. The van der Waals surface area contributed by atoms with E-state index in [1.165, 1.54) is 5.56 Å². The molecule has 2 rings (SSSR count). The van der Waals surface area contributed by atoms with E-state index in [9.17, 15) is 4.79 Å². The van der Waals surface area contributed by atoms with Crippen LogP contribution in [0.15, 0.2) is 12.1 Å². The fraction of sp³-hybridized carbons (Fsp3) is 0.533. The number of hydrogen-bond acceptors (Lipinski definition) is 2. The Hall–Kier alpha value is -0.778. The number of benzene rings is 1. The first-order valence-electron chi connectivity index (χ1n) is 6.34. The molecule has 0 fully saturated rings. The Morgan fingerprint density at radius 3 is 2.11 bits per heavy atom. The van der Waals surface area contributed by atoms with Gasteiger partial charge in [0.15, 0.2) is 0 Å². The van der Waals surface area contributed by atoms with Gasteiger partial charge in [-0.25, -0.2) is 0 Å². The van der Waals surface area contributed by atoms with Crippen molar-refractivity contribution in [3.63, 3.8) is 0 Å². The summed E-state index contributed by atoms with van der Waals surface area (Å²) in [5.41, 5.74) is 3.21. The van der Waals surface area contributed by atoms with Gasteiger partial charge in [0, 0.05) is 5.56 Å². The Labute approximate surface area is 116 Å². The lowest BCUT2D eigenvalue weighted by atomic mass is 9.79. The molecule has 1 aromatic rings. The molecule has 1 radical (unpaired) electrons. The number of carbonyl (C=O) groups excluding carboxylic acids is 1. The van der Waals surface area contributed by atoms with Crippen LogP contribution in [0.5, 0.6) is 5.75 Å². The fourth-order valence-electron chi connectivity index (χ4n) is 2.10. The first-order chi connectivity index (χ1) is 8.10. The maximum absolute atomic E-state index is 11.9. The summed E-state index contributed by atoms with van der Waals surface area (Å²) < 4.78 is 5.85. The Kier molecular flexibility index (Phi) is 3.12. The first kappa shape index (κ1) is 13.6. The molecule has 1 aromatic carbocycles. The lowest BCUT2D eigenvalue weighted by Crippen LogP contribution is -2.17. The van der Waals surface area contributed by atoms with Gasteiger partial charge in [-0.1, -0.05) is 47.6 Å². The van der Waals surface area contributed by atoms with Gasteiger partial charge in [0.1, 0.15) is 4.65 Å². The van der Waals surface area contributed by atoms with Crippen molar-refractivity contribution < 1.29 is 8.58 Å². The summed E-state index contributed by atoms with van der Waals surface area (Å²) in [6.45, 7) is 13.0. The van der Waals surface area contributed by atoms with E-state index < -0.39 is 15.6 Å². The molecule has 1 heterocycles. The molecule has 0 unspecified atom stereocenters. The predicted octanol–water partition coefficient (Wildman–Crippen LogP) is 3.43. The minimum absolute atomic E-state index is 0.00456. The van der Waals surface area contributed by atoms with Crippen molar-refractivity contribution in [2.75, 3.05) is 0 Å². The first-order valence-corrected chi connectivity index (χ1v) is 7.39. The van der Waals surface area contributed by atoms with Crippen LogP contribution >= 0.6 is 0 Å². The highest BCUT2D eigenvalue weighted by molar-refractivity contribution is 6.75. The van der Waals surface area contributed by atoms with Gasteiger partial charge >= 0.3 is 15.6 Å². The maximum Gasteiger partial charge on any atom is 0.626 e. The second-order valence-electron chi connectivity index (χ2n) is 7.00. The molecule has 0 spiro atoms. The van der Waals surface area contributed by atoms with Gasteiger partial charge in [-0.2, -0.15) is 0 Å². The number of fused-ring (bicyclic) bond motifs is 1. The molecule has 0 atom stereocenters. The van der Waals surface area contributed by atoms with Crippen LogP contribution in [-0.2, 0) is 10.8 Å². The third kappa shape index (κ3) is 2.35. The second kappa shape index (κ2) is 4.12. The summed E-state index contributed by atoms with van der Waals surface area (Å²) in [5, 5.41) is 0. The van der Waals surface area contributed by atoms with Crippen LogP contribution in [-0.4, -0.2) is 20.2 Å². The molecule has 0 saturated carbocycles. The lowest BCUT2D eigenvalue weighted by molar-refractivity contribution is 0.107. The molecule has 0 aromatic heterocycles. The summed E-state index contributed by atoms with van der Waals surface area (Å²) >= 11 is -0.564. The molecular weight excluding hydrogens is 239 g/mol. The molecule has 95 valence electrons. The Morgan fingerprint density at radius 2 is 1.61 bits per heavy atom. The standard InChI is InChI=1S/C15H21O2.Al/c1-14(2,3)11-7-10(9-16)13(17)12(8-11)15(4,5)6;/h7-8,17H,1-6H3;/q;+1/p-1. The van der Waals surface area contributed by atoms with E-state index in [-0.39, 0.29) is 15.5 Å². The van der Waals surface area contributed by atoms with E-state index in [1.807, 2.05) is 6.07 Å². The lowest BCUT2D eigenvalue weighted by Gasteiger charge is -2.27. The Bertz CT molecular complexity index is 504. The summed E-state index contributed by atoms with van der Waals surface area (Å²) in [6, 6.07) is 4.23. The van der Waals surface area contributed by atoms with Gasteiger partial charge in [-0.05, 0) is 28.0 Å². The molecule has 0 N–H and O–H groups in total. The second-order valence-corrected chi connectivity index (χ2v) is 8.00. The van der Waals surface area contributed by atoms with E-state index in [2.05, 4.69) is 47.6 Å². The van der Waals surface area contributed by atoms with E-state index in [0.29, 0.717) is 0 Å². The quantitative estimate of drug-likeness (QED) is 0.667. The van der Waals surface area contributed by atoms with Crippen LogP contribution in [0.25, 0.3) is 0 Å². The SMILES string of the molecule is CC(C)(C)c1cc2c(c(C(C)(C)C)c1)[O][Al][C]2=O. The van der Waals surface area contributed by atoms with Crippen molar-refractivity contribution in [1.29, 1.82) is 0 Å². The summed E-state index contributed by atoms with van der Waals surface area (Å²) in [7, 11) is 0. The summed E-state index contributed by atoms with van der Waals surface area (Å²) in [5.74, 6) is 0.829. The molecule has 0 saturated heterocycles. The van der Waals surface area contributed by atoms with Crippen molar-refractivity contribution in [1.82, 2.24) is 0 Å². The zero-order chi connectivity index (χ0) is 13.7. The average Bonchev–Trinajstić information content (AvgIpc) is 2.56. The van der Waals surface area contributed by atoms with Crippen molar-refractivity contribution in [2.24, 2.45) is 0 Å². The number of hydrogen-bond donors (Lipinski definition) is 0. The number of rotatable bonds is 0. The molecule has 3 heteroatoms. The summed E-state index contributed by atoms with van der Waals surface area (Å²) in [4.78, 5) is 11.9. The minimum atomic E-state index is -0.564. The van der Waals surface area contributed by atoms with Gasteiger partial charge in [0.05, 0.1) is 5.75 Å². The zero-order valence-corrected chi connectivity index (χ0v) is 13.2. The van der Waals surface area contributed by atoms with Crippen molar-refractivity contribution in [2.45, 2.75) is 52.4 Å². The smallest absolute Gasteiger partial charge is 0.626 e. The molecule has 0 aliphatic carbocycles. The molecule has 18 heavy (non-hydrogen) atoms. The highest BCUT2D eigenvalue weighted by Crippen LogP contribution is 2.40. The van der Waals surface area contributed by atoms with Crippen LogP contribution in [0, 0.1) is 0 Å². The normalized spacial score (nSPS) is 15.1. The van der Waals surface area contributed by atoms with E-state index in [0.717, 1.165) is 16.9 Å². The molecule has 1 aliphatic rings. The topological polar surface area (TPSA) is 26.3 Å². The van der Waals surface area contributed by atoms with Crippen molar-refractivity contribution in [3.8, 4) is 5.75 Å². The molecule has 0 amide bonds. The molecule has 0 bridgehead atoms. The van der Waals surface area contributed by atoms with Crippen LogP contribution in [0.3, 0.4) is 0 Å². The van der Waals surface area contributed by atoms with Crippen molar-refractivity contribution >= 4 is 20.2 Å². The monoisotopic (exact) mass is 259 g/mol. The maximum atomic E-state index is 11.9. The van der Waals surface area contributed by atoms with Gasteiger partial charge in [-0.15, -0.1) is 0 Å². The Balaban J connectivity index is 2.71.